The normalized spacial score (nSPS) is 23.6. The van der Waals surface area contributed by atoms with E-state index in [1.165, 1.54) is 11.5 Å². The van der Waals surface area contributed by atoms with Crippen molar-refractivity contribution >= 4 is 17.4 Å². The highest BCUT2D eigenvalue weighted by Crippen LogP contribution is 2.18. The van der Waals surface area contributed by atoms with Gasteiger partial charge >= 0.3 is 0 Å². The van der Waals surface area contributed by atoms with Gasteiger partial charge in [0.15, 0.2) is 0 Å². The van der Waals surface area contributed by atoms with Crippen LogP contribution in [0, 0.1) is 0 Å². The molecule has 2 atom stereocenters. The number of hydrogen-bond donors (Lipinski definition) is 0. The van der Waals surface area contributed by atoms with Crippen LogP contribution in [0.4, 0.5) is 0 Å². The SMILES string of the molecule is CCc1nnsc1C(=O)N1CC(C)OC(COC)C1. The van der Waals surface area contributed by atoms with Gasteiger partial charge in [-0.05, 0) is 24.9 Å². The summed E-state index contributed by atoms with van der Waals surface area (Å²) in [6, 6.07) is 0. The highest BCUT2D eigenvalue weighted by molar-refractivity contribution is 7.08. The van der Waals surface area contributed by atoms with Crippen LogP contribution >= 0.6 is 11.5 Å². The van der Waals surface area contributed by atoms with Crippen LogP contribution in [0.3, 0.4) is 0 Å². The van der Waals surface area contributed by atoms with Gasteiger partial charge in [-0.1, -0.05) is 11.4 Å². The van der Waals surface area contributed by atoms with E-state index in [9.17, 15) is 4.79 Å². The number of carbonyl (C=O) groups excluding carboxylic acids is 1. The van der Waals surface area contributed by atoms with Crippen LogP contribution in [0.15, 0.2) is 0 Å². The molecule has 0 aliphatic carbocycles. The maximum absolute atomic E-state index is 12.5. The molecule has 1 aliphatic heterocycles. The minimum absolute atomic E-state index is 0.00287. The summed E-state index contributed by atoms with van der Waals surface area (Å²) in [6.07, 6.45) is 0.673. The zero-order valence-electron chi connectivity index (χ0n) is 11.5. The van der Waals surface area contributed by atoms with Crippen LogP contribution < -0.4 is 0 Å². The summed E-state index contributed by atoms with van der Waals surface area (Å²) in [7, 11) is 1.64. The third kappa shape index (κ3) is 3.29. The first-order valence-electron chi connectivity index (χ1n) is 6.40. The standard InChI is InChI=1S/C12H19N3O3S/c1-4-10-11(19-14-13-10)12(16)15-5-8(2)18-9(6-15)7-17-3/h8-9H,4-7H2,1-3H3. The summed E-state index contributed by atoms with van der Waals surface area (Å²) in [4.78, 5) is 15.0. The molecule has 0 spiro atoms. The Hall–Kier alpha value is -1.05. The summed E-state index contributed by atoms with van der Waals surface area (Å²) in [5, 5.41) is 3.99. The zero-order valence-corrected chi connectivity index (χ0v) is 12.3. The number of hydrogen-bond acceptors (Lipinski definition) is 6. The fourth-order valence-electron chi connectivity index (χ4n) is 2.23. The van der Waals surface area contributed by atoms with Crippen molar-refractivity contribution < 1.29 is 14.3 Å². The maximum atomic E-state index is 12.5. The Balaban J connectivity index is 2.09. The molecule has 1 saturated heterocycles. The molecule has 1 fully saturated rings. The molecule has 1 aromatic rings. The first-order valence-corrected chi connectivity index (χ1v) is 7.17. The van der Waals surface area contributed by atoms with E-state index in [1.54, 1.807) is 7.11 Å². The third-order valence-electron chi connectivity index (χ3n) is 3.05. The number of aromatic nitrogens is 2. The predicted octanol–water partition coefficient (Wildman–Crippen LogP) is 0.976. The molecule has 0 N–H and O–H groups in total. The maximum Gasteiger partial charge on any atom is 0.267 e. The Bertz CT molecular complexity index is 438. The van der Waals surface area contributed by atoms with E-state index in [0.717, 1.165) is 12.1 Å². The Morgan fingerprint density at radius 3 is 3.05 bits per heavy atom. The molecule has 7 heteroatoms. The van der Waals surface area contributed by atoms with Crippen molar-refractivity contribution in [2.24, 2.45) is 0 Å². The van der Waals surface area contributed by atoms with Crippen molar-refractivity contribution in [3.8, 4) is 0 Å². The van der Waals surface area contributed by atoms with Crippen molar-refractivity contribution in [1.82, 2.24) is 14.5 Å². The average Bonchev–Trinajstić information content (AvgIpc) is 2.85. The summed E-state index contributed by atoms with van der Waals surface area (Å²) in [6.45, 7) is 5.59. The van der Waals surface area contributed by atoms with Gasteiger partial charge in [-0.25, -0.2) is 0 Å². The van der Waals surface area contributed by atoms with Crippen molar-refractivity contribution in [3.63, 3.8) is 0 Å². The third-order valence-corrected chi connectivity index (χ3v) is 3.81. The highest BCUT2D eigenvalue weighted by Gasteiger charge is 2.30. The van der Waals surface area contributed by atoms with Crippen molar-refractivity contribution in [1.29, 1.82) is 0 Å². The molecule has 0 saturated carbocycles. The number of aryl methyl sites for hydroxylation is 1. The van der Waals surface area contributed by atoms with Crippen molar-refractivity contribution in [3.05, 3.63) is 10.6 Å². The number of nitrogens with zero attached hydrogens (tertiary/aromatic N) is 3. The van der Waals surface area contributed by atoms with E-state index in [2.05, 4.69) is 9.59 Å². The van der Waals surface area contributed by atoms with Crippen molar-refractivity contribution in [2.75, 3.05) is 26.8 Å². The first-order chi connectivity index (χ1) is 9.15. The van der Waals surface area contributed by atoms with Crippen LogP contribution in [0.1, 0.15) is 29.2 Å². The molecule has 2 rings (SSSR count). The minimum Gasteiger partial charge on any atom is -0.382 e. The smallest absolute Gasteiger partial charge is 0.267 e. The van der Waals surface area contributed by atoms with Gasteiger partial charge in [0, 0.05) is 20.2 Å². The van der Waals surface area contributed by atoms with Crippen LogP contribution in [-0.2, 0) is 15.9 Å². The van der Waals surface area contributed by atoms with E-state index in [1.807, 2.05) is 18.7 Å². The fraction of sp³-hybridized carbons (Fsp3) is 0.750. The van der Waals surface area contributed by atoms with E-state index in [-0.39, 0.29) is 18.1 Å². The molecule has 0 aromatic carbocycles. The number of morpholine rings is 1. The lowest BCUT2D eigenvalue weighted by molar-refractivity contribution is -0.0918. The molecule has 0 radical (unpaired) electrons. The second-order valence-corrected chi connectivity index (χ2v) is 5.39. The van der Waals surface area contributed by atoms with Gasteiger partial charge in [0.05, 0.1) is 24.5 Å². The van der Waals surface area contributed by atoms with Gasteiger partial charge in [0.25, 0.3) is 5.91 Å². The largest absolute Gasteiger partial charge is 0.382 e. The van der Waals surface area contributed by atoms with E-state index in [0.29, 0.717) is 24.6 Å². The van der Waals surface area contributed by atoms with Gasteiger partial charge in [-0.3, -0.25) is 4.79 Å². The molecule has 106 valence electrons. The molecule has 6 nitrogen and oxygen atoms in total. The topological polar surface area (TPSA) is 64.6 Å². The number of amides is 1. The second-order valence-electron chi connectivity index (χ2n) is 4.64. The summed E-state index contributed by atoms with van der Waals surface area (Å²) in [5.41, 5.74) is 0.775. The number of carbonyl (C=O) groups is 1. The second kappa shape index (κ2) is 6.40. The lowest BCUT2D eigenvalue weighted by Crippen LogP contribution is -2.50. The summed E-state index contributed by atoms with van der Waals surface area (Å²) in [5.74, 6) is 0.00287. The lowest BCUT2D eigenvalue weighted by Gasteiger charge is -2.36. The van der Waals surface area contributed by atoms with Crippen LogP contribution in [-0.4, -0.2) is 59.4 Å². The molecular formula is C12H19N3O3S. The van der Waals surface area contributed by atoms with Gasteiger partial charge in [0.2, 0.25) is 0 Å². The van der Waals surface area contributed by atoms with Gasteiger partial charge in [-0.15, -0.1) is 5.10 Å². The first kappa shape index (κ1) is 14.4. The van der Waals surface area contributed by atoms with Gasteiger partial charge in [0.1, 0.15) is 4.88 Å². The minimum atomic E-state index is -0.0661. The van der Waals surface area contributed by atoms with E-state index < -0.39 is 0 Å². The van der Waals surface area contributed by atoms with Crippen LogP contribution in [0.2, 0.25) is 0 Å². The molecule has 1 amide bonds. The Morgan fingerprint density at radius 1 is 1.58 bits per heavy atom. The number of methoxy groups -OCH3 is 1. The molecule has 19 heavy (non-hydrogen) atoms. The summed E-state index contributed by atoms with van der Waals surface area (Å²) < 4.78 is 14.7. The van der Waals surface area contributed by atoms with Gasteiger partial charge < -0.3 is 14.4 Å². The predicted molar refractivity (Wildman–Crippen MR) is 71.4 cm³/mol. The number of ether oxygens (including phenoxy) is 2. The average molecular weight is 285 g/mol. The Labute approximate surface area is 116 Å². The van der Waals surface area contributed by atoms with Crippen LogP contribution in [0.25, 0.3) is 0 Å². The monoisotopic (exact) mass is 285 g/mol. The molecule has 2 heterocycles. The van der Waals surface area contributed by atoms with E-state index >= 15 is 0 Å². The van der Waals surface area contributed by atoms with E-state index in [4.69, 9.17) is 9.47 Å². The number of rotatable bonds is 4. The van der Waals surface area contributed by atoms with Crippen LogP contribution in [0.5, 0.6) is 0 Å². The lowest BCUT2D eigenvalue weighted by atomic mass is 10.2. The fourth-order valence-corrected chi connectivity index (χ4v) is 2.95. The molecule has 0 bridgehead atoms. The highest BCUT2D eigenvalue weighted by atomic mass is 32.1. The van der Waals surface area contributed by atoms with Gasteiger partial charge in [-0.2, -0.15) is 0 Å². The Morgan fingerprint density at radius 2 is 2.37 bits per heavy atom. The zero-order chi connectivity index (χ0) is 13.8. The quantitative estimate of drug-likeness (QED) is 0.825. The summed E-state index contributed by atoms with van der Waals surface area (Å²) >= 11 is 1.17. The Kier molecular flexibility index (Phi) is 4.84. The van der Waals surface area contributed by atoms with Crippen molar-refractivity contribution in [2.45, 2.75) is 32.5 Å². The molecule has 2 unspecified atom stereocenters. The molecular weight excluding hydrogens is 266 g/mol. The molecule has 1 aliphatic rings. The molecule has 1 aromatic heterocycles.